The smallest absolute Gasteiger partial charge is 0.229 e. The van der Waals surface area contributed by atoms with Gasteiger partial charge in [-0.1, -0.05) is 23.7 Å². The van der Waals surface area contributed by atoms with Crippen LogP contribution >= 0.6 is 0 Å². The number of allylic oxidation sites excluding steroid dienone is 2. The number of rotatable bonds is 0. The van der Waals surface area contributed by atoms with E-state index in [9.17, 15) is 9.90 Å². The average molecular weight is 201 g/mol. The number of hydrogen-bond donors (Lipinski definition) is 1. The van der Waals surface area contributed by atoms with Crippen LogP contribution in [0.25, 0.3) is 0 Å². The first-order chi connectivity index (χ1) is 7.22. The summed E-state index contributed by atoms with van der Waals surface area (Å²) in [6.45, 7) is 0. The molecule has 0 saturated carbocycles. The van der Waals surface area contributed by atoms with Crippen molar-refractivity contribution >= 4 is 5.91 Å². The van der Waals surface area contributed by atoms with Crippen molar-refractivity contribution in [1.29, 1.82) is 0 Å². The van der Waals surface area contributed by atoms with Gasteiger partial charge in [0, 0.05) is 13.5 Å². The van der Waals surface area contributed by atoms with E-state index in [0.717, 1.165) is 0 Å². The van der Waals surface area contributed by atoms with Gasteiger partial charge in [-0.15, -0.1) is 0 Å². The first kappa shape index (κ1) is 9.83. The van der Waals surface area contributed by atoms with Gasteiger partial charge >= 0.3 is 0 Å². The van der Waals surface area contributed by atoms with Gasteiger partial charge in [0.05, 0.1) is 12.0 Å². The van der Waals surface area contributed by atoms with Gasteiger partial charge in [-0.2, -0.15) is 0 Å². The standard InChI is InChI=1S/C12H11NO2/c1-13-11-9(12(13)15)7-5-3-2-4-6-8-10(11)14/h2,4,9-11,14H,7H2,1H3/b4-2-/t9-,10+,11+/m0/s1. The van der Waals surface area contributed by atoms with Crippen molar-refractivity contribution in [2.24, 2.45) is 5.92 Å². The fraction of sp³-hybridized carbons (Fsp3) is 0.417. The Hall–Kier alpha value is -1.71. The van der Waals surface area contributed by atoms with E-state index in [1.54, 1.807) is 19.2 Å². The van der Waals surface area contributed by atoms with Gasteiger partial charge in [0.1, 0.15) is 6.10 Å². The molecule has 0 unspecified atom stereocenters. The normalized spacial score (nSPS) is 34.9. The summed E-state index contributed by atoms with van der Waals surface area (Å²) in [6, 6.07) is -0.203. The third-order valence-corrected chi connectivity index (χ3v) is 2.75. The van der Waals surface area contributed by atoms with Crippen LogP contribution in [0.15, 0.2) is 12.2 Å². The summed E-state index contributed by atoms with van der Waals surface area (Å²) in [5.41, 5.74) is 0. The van der Waals surface area contributed by atoms with Crippen molar-refractivity contribution in [3.05, 3.63) is 12.2 Å². The lowest BCUT2D eigenvalue weighted by molar-refractivity contribution is -0.158. The number of carbonyl (C=O) groups excluding carboxylic acids is 1. The van der Waals surface area contributed by atoms with Crippen LogP contribution in [-0.4, -0.2) is 35.1 Å². The molecular weight excluding hydrogens is 190 g/mol. The second-order valence-electron chi connectivity index (χ2n) is 3.64. The molecule has 1 amide bonds. The molecule has 0 aromatic carbocycles. The number of likely N-dealkylation sites (tertiary alicyclic amines) is 1. The molecule has 0 aromatic rings. The van der Waals surface area contributed by atoms with Crippen molar-refractivity contribution in [3.63, 3.8) is 0 Å². The molecule has 2 rings (SSSR count). The van der Waals surface area contributed by atoms with Gasteiger partial charge in [0.25, 0.3) is 0 Å². The number of hydrogen-bond acceptors (Lipinski definition) is 2. The van der Waals surface area contributed by atoms with Crippen molar-refractivity contribution in [3.8, 4) is 23.7 Å². The Kier molecular flexibility index (Phi) is 2.49. The first-order valence-electron chi connectivity index (χ1n) is 4.81. The van der Waals surface area contributed by atoms with E-state index in [0.29, 0.717) is 6.42 Å². The number of nitrogens with zero attached hydrogens (tertiary/aromatic N) is 1. The SMILES string of the molecule is CN1C(=O)[C@H]2CC#C/C=C\C#C[C@@H](O)[C@@H]21. The average Bonchev–Trinajstić information content (AvgIpc) is 2.25. The molecule has 3 nitrogen and oxygen atoms in total. The number of aliphatic hydroxyl groups excluding tert-OH is 1. The summed E-state index contributed by atoms with van der Waals surface area (Å²) in [6.07, 6.45) is 2.96. The van der Waals surface area contributed by atoms with Crippen molar-refractivity contribution in [2.75, 3.05) is 7.05 Å². The summed E-state index contributed by atoms with van der Waals surface area (Å²) in [7, 11) is 1.68. The molecule has 0 spiro atoms. The highest BCUT2D eigenvalue weighted by atomic mass is 16.3. The van der Waals surface area contributed by atoms with E-state index in [2.05, 4.69) is 23.7 Å². The largest absolute Gasteiger partial charge is 0.378 e. The van der Waals surface area contributed by atoms with Crippen LogP contribution in [0.3, 0.4) is 0 Å². The van der Waals surface area contributed by atoms with Crippen molar-refractivity contribution < 1.29 is 9.90 Å². The van der Waals surface area contributed by atoms with E-state index >= 15 is 0 Å². The Labute approximate surface area is 88.8 Å². The fourth-order valence-electron chi connectivity index (χ4n) is 1.91. The second-order valence-corrected chi connectivity index (χ2v) is 3.64. The molecule has 3 atom stereocenters. The zero-order valence-corrected chi connectivity index (χ0v) is 8.40. The maximum absolute atomic E-state index is 11.5. The van der Waals surface area contributed by atoms with Crippen LogP contribution in [-0.2, 0) is 4.79 Å². The zero-order chi connectivity index (χ0) is 10.8. The van der Waals surface area contributed by atoms with Crippen molar-refractivity contribution in [1.82, 2.24) is 4.90 Å². The molecule has 1 fully saturated rings. The lowest BCUT2D eigenvalue weighted by atomic mass is 9.82. The lowest BCUT2D eigenvalue weighted by Crippen LogP contribution is -2.63. The lowest BCUT2D eigenvalue weighted by Gasteiger charge is -2.45. The molecule has 0 bridgehead atoms. The fourth-order valence-corrected chi connectivity index (χ4v) is 1.91. The molecule has 3 heteroatoms. The number of likely N-dealkylation sites (N-methyl/N-ethyl adjacent to an activating group) is 1. The molecule has 0 aromatic heterocycles. The van der Waals surface area contributed by atoms with Gasteiger partial charge < -0.3 is 10.0 Å². The van der Waals surface area contributed by atoms with E-state index in [1.807, 2.05) is 0 Å². The Bertz CT molecular complexity index is 430. The van der Waals surface area contributed by atoms with Crippen LogP contribution in [0.2, 0.25) is 0 Å². The number of fused-ring (bicyclic) bond motifs is 1. The number of β-lactam (4-membered cyclic amide) rings is 1. The monoisotopic (exact) mass is 201 g/mol. The van der Waals surface area contributed by atoms with Crippen LogP contribution in [0.5, 0.6) is 0 Å². The topological polar surface area (TPSA) is 40.5 Å². The first-order valence-corrected chi connectivity index (χ1v) is 4.81. The van der Waals surface area contributed by atoms with E-state index < -0.39 is 6.10 Å². The highest BCUT2D eigenvalue weighted by Crippen LogP contribution is 2.29. The molecule has 1 heterocycles. The predicted octanol–water partition coefficient (Wildman–Crippen LogP) is -0.229. The maximum atomic E-state index is 11.5. The highest BCUT2D eigenvalue weighted by molar-refractivity contribution is 5.86. The third kappa shape index (κ3) is 1.63. The second kappa shape index (κ2) is 3.81. The molecule has 1 N–H and O–H groups in total. The van der Waals surface area contributed by atoms with Gasteiger partial charge in [-0.3, -0.25) is 4.79 Å². The maximum Gasteiger partial charge on any atom is 0.229 e. The molecule has 15 heavy (non-hydrogen) atoms. The summed E-state index contributed by atoms with van der Waals surface area (Å²) in [5.74, 6) is 10.9. The molecular formula is C12H11NO2. The van der Waals surface area contributed by atoms with Gasteiger partial charge in [0.2, 0.25) is 5.91 Å². The molecule has 76 valence electrons. The van der Waals surface area contributed by atoms with Crippen LogP contribution in [0, 0.1) is 29.6 Å². The Morgan fingerprint density at radius 1 is 1.47 bits per heavy atom. The molecule has 1 aliphatic carbocycles. The van der Waals surface area contributed by atoms with Gasteiger partial charge in [0.15, 0.2) is 0 Å². The zero-order valence-electron chi connectivity index (χ0n) is 8.40. The van der Waals surface area contributed by atoms with Gasteiger partial charge in [-0.05, 0) is 12.2 Å². The van der Waals surface area contributed by atoms with E-state index in [1.165, 1.54) is 4.90 Å². The number of aliphatic hydroxyl groups is 1. The number of amides is 1. The Morgan fingerprint density at radius 2 is 2.20 bits per heavy atom. The quantitative estimate of drug-likeness (QED) is 0.434. The summed E-state index contributed by atoms with van der Waals surface area (Å²) in [5, 5.41) is 9.76. The van der Waals surface area contributed by atoms with E-state index in [-0.39, 0.29) is 17.9 Å². The minimum absolute atomic E-state index is 0.0414. The summed E-state index contributed by atoms with van der Waals surface area (Å²) < 4.78 is 0. The Morgan fingerprint density at radius 3 is 3.00 bits per heavy atom. The van der Waals surface area contributed by atoms with Crippen LogP contribution < -0.4 is 0 Å². The minimum Gasteiger partial charge on any atom is -0.378 e. The van der Waals surface area contributed by atoms with Gasteiger partial charge in [-0.25, -0.2) is 0 Å². The molecule has 0 radical (unpaired) electrons. The molecule has 1 saturated heterocycles. The highest BCUT2D eigenvalue weighted by Gasteiger charge is 2.47. The van der Waals surface area contributed by atoms with Crippen molar-refractivity contribution in [2.45, 2.75) is 18.6 Å². The number of carbonyl (C=O) groups is 1. The van der Waals surface area contributed by atoms with Crippen LogP contribution in [0.4, 0.5) is 0 Å². The van der Waals surface area contributed by atoms with Crippen LogP contribution in [0.1, 0.15) is 6.42 Å². The Balaban J connectivity index is 2.26. The molecule has 2 aliphatic rings. The summed E-state index contributed by atoms with van der Waals surface area (Å²) in [4.78, 5) is 13.0. The minimum atomic E-state index is -0.776. The predicted molar refractivity (Wildman–Crippen MR) is 55.4 cm³/mol. The summed E-state index contributed by atoms with van der Waals surface area (Å²) >= 11 is 0. The third-order valence-electron chi connectivity index (χ3n) is 2.75. The molecule has 1 aliphatic heterocycles. The van der Waals surface area contributed by atoms with E-state index in [4.69, 9.17) is 0 Å².